The van der Waals surface area contributed by atoms with E-state index >= 15 is 0 Å². The Hall–Kier alpha value is -3.01. The first-order valence-electron chi connectivity index (χ1n) is 7.29. The van der Waals surface area contributed by atoms with Crippen molar-refractivity contribution in [2.75, 3.05) is 5.32 Å². The van der Waals surface area contributed by atoms with E-state index in [1.165, 1.54) is 12.1 Å². The number of benzene rings is 2. The molecular formula is C17H8BrF3N2O4. The summed E-state index contributed by atoms with van der Waals surface area (Å²) >= 11 is 2.78. The number of nitrogens with zero attached hydrogens (tertiary/aromatic N) is 1. The number of hydrogen-bond donors (Lipinski definition) is 1. The number of anilines is 1. The number of halogens is 4. The molecule has 0 atom stereocenters. The molecule has 0 bridgehead atoms. The number of carbonyl (C=O) groups excluding carboxylic acids is 3. The number of rotatable bonds is 2. The van der Waals surface area contributed by atoms with Crippen molar-refractivity contribution in [3.63, 3.8) is 0 Å². The molecule has 1 amide bonds. The van der Waals surface area contributed by atoms with Gasteiger partial charge in [-0.1, -0.05) is 39.3 Å². The third-order valence-corrected chi connectivity index (χ3v) is 4.22. The zero-order valence-electron chi connectivity index (χ0n) is 13.1. The molecule has 6 nitrogen and oxygen atoms in total. The van der Waals surface area contributed by atoms with Gasteiger partial charge in [0.05, 0.1) is 16.8 Å². The molecule has 1 heterocycles. The smallest absolute Gasteiger partial charge is 0.318 e. The Morgan fingerprint density at radius 2 is 1.78 bits per heavy atom. The van der Waals surface area contributed by atoms with Gasteiger partial charge in [0.1, 0.15) is 0 Å². The van der Waals surface area contributed by atoms with Crippen LogP contribution in [0.15, 0.2) is 52.1 Å². The van der Waals surface area contributed by atoms with E-state index < -0.39 is 35.1 Å². The average molecular weight is 441 g/mol. The lowest BCUT2D eigenvalue weighted by Gasteiger charge is -2.20. The van der Waals surface area contributed by atoms with E-state index in [0.717, 1.165) is 6.07 Å². The van der Waals surface area contributed by atoms with Crippen LogP contribution in [0.1, 0.15) is 21.5 Å². The van der Waals surface area contributed by atoms with Gasteiger partial charge >= 0.3 is 12.1 Å². The highest BCUT2D eigenvalue weighted by Crippen LogP contribution is 2.39. The standard InChI is InChI=1S/C17H8BrF3N2O4/c18-11-6-9-12(7-10(11)17(19,20)21)22-15(25)14(24)13(9)23-27-16(26)8-4-2-1-3-5-8/h1-7H,(H,22,25). The molecule has 2 aromatic carbocycles. The molecule has 27 heavy (non-hydrogen) atoms. The first-order valence-corrected chi connectivity index (χ1v) is 8.09. The normalized spacial score (nSPS) is 15.3. The minimum atomic E-state index is -4.68. The maximum Gasteiger partial charge on any atom is 0.417 e. The minimum Gasteiger partial charge on any atom is -0.318 e. The molecular weight excluding hydrogens is 433 g/mol. The van der Waals surface area contributed by atoms with Gasteiger partial charge in [-0.3, -0.25) is 9.59 Å². The number of Topliss-reactive ketones (excluding diaryl/α,β-unsaturated/α-hetero) is 1. The summed E-state index contributed by atoms with van der Waals surface area (Å²) in [7, 11) is 0. The Morgan fingerprint density at radius 1 is 1.11 bits per heavy atom. The third-order valence-electron chi connectivity index (χ3n) is 3.57. The Balaban J connectivity index is 2.02. The van der Waals surface area contributed by atoms with Crippen molar-refractivity contribution in [1.29, 1.82) is 0 Å². The number of hydrogen-bond acceptors (Lipinski definition) is 5. The fraction of sp³-hybridized carbons (Fsp3) is 0.0588. The van der Waals surface area contributed by atoms with Gasteiger partial charge in [-0.05, 0) is 24.3 Å². The maximum atomic E-state index is 13.0. The second-order valence-corrected chi connectivity index (χ2v) is 6.20. The predicted molar refractivity (Wildman–Crippen MR) is 91.2 cm³/mol. The molecule has 0 aliphatic carbocycles. The van der Waals surface area contributed by atoms with E-state index in [0.29, 0.717) is 6.07 Å². The van der Waals surface area contributed by atoms with Crippen LogP contribution in [0, 0.1) is 0 Å². The van der Waals surface area contributed by atoms with Gasteiger partial charge in [-0.25, -0.2) is 4.79 Å². The largest absolute Gasteiger partial charge is 0.417 e. The van der Waals surface area contributed by atoms with E-state index in [1.54, 1.807) is 18.2 Å². The average Bonchev–Trinajstić information content (AvgIpc) is 2.62. The van der Waals surface area contributed by atoms with E-state index in [1.807, 2.05) is 0 Å². The lowest BCUT2D eigenvalue weighted by atomic mass is 9.98. The van der Waals surface area contributed by atoms with Crippen LogP contribution in [0.2, 0.25) is 0 Å². The van der Waals surface area contributed by atoms with Gasteiger partial charge in [-0.15, -0.1) is 0 Å². The predicted octanol–water partition coefficient (Wildman–Crippen LogP) is 3.55. The molecule has 0 spiro atoms. The molecule has 1 N–H and O–H groups in total. The number of nitrogens with one attached hydrogen (secondary N) is 1. The van der Waals surface area contributed by atoms with Crippen LogP contribution in [0.4, 0.5) is 18.9 Å². The van der Waals surface area contributed by atoms with Crippen LogP contribution in [0.5, 0.6) is 0 Å². The van der Waals surface area contributed by atoms with Crippen molar-refractivity contribution >= 4 is 45.0 Å². The molecule has 138 valence electrons. The Bertz CT molecular complexity index is 988. The summed E-state index contributed by atoms with van der Waals surface area (Å²) in [6, 6.07) is 9.35. The van der Waals surface area contributed by atoms with Crippen molar-refractivity contribution in [2.24, 2.45) is 5.16 Å². The molecule has 0 aromatic heterocycles. The van der Waals surface area contributed by atoms with Crippen molar-refractivity contribution in [2.45, 2.75) is 6.18 Å². The summed E-state index contributed by atoms with van der Waals surface area (Å²) in [5.41, 5.74) is -1.86. The third kappa shape index (κ3) is 3.75. The molecule has 2 aromatic rings. The van der Waals surface area contributed by atoms with Crippen LogP contribution < -0.4 is 5.32 Å². The topological polar surface area (TPSA) is 84.8 Å². The molecule has 1 aliphatic rings. The highest BCUT2D eigenvalue weighted by Gasteiger charge is 2.38. The summed E-state index contributed by atoms with van der Waals surface area (Å²) in [6.45, 7) is 0. The number of amides is 1. The number of ketones is 1. The molecule has 0 radical (unpaired) electrons. The minimum absolute atomic E-state index is 0.111. The SMILES string of the molecule is O=C1Nc2cc(C(F)(F)F)c(Br)cc2C(=NOC(=O)c2ccccc2)C1=O. The summed E-state index contributed by atoms with van der Waals surface area (Å²) in [4.78, 5) is 40.4. The molecule has 0 saturated carbocycles. The molecule has 0 fully saturated rings. The molecule has 0 unspecified atom stereocenters. The van der Waals surface area contributed by atoms with Gasteiger partial charge in [0.25, 0.3) is 11.7 Å². The van der Waals surface area contributed by atoms with Gasteiger partial charge in [-0.2, -0.15) is 13.2 Å². The van der Waals surface area contributed by atoms with E-state index in [-0.39, 0.29) is 21.3 Å². The maximum absolute atomic E-state index is 13.0. The summed E-state index contributed by atoms with van der Waals surface area (Å²) in [5.74, 6) is -3.23. The van der Waals surface area contributed by atoms with Gasteiger partial charge in [0.15, 0.2) is 5.71 Å². The van der Waals surface area contributed by atoms with Gasteiger partial charge in [0, 0.05) is 10.0 Å². The summed E-state index contributed by atoms with van der Waals surface area (Å²) in [5, 5.41) is 5.49. The Morgan fingerprint density at radius 3 is 2.41 bits per heavy atom. The number of oxime groups is 1. The van der Waals surface area contributed by atoms with Crippen molar-refractivity contribution < 1.29 is 32.4 Å². The van der Waals surface area contributed by atoms with Gasteiger partial charge < -0.3 is 10.2 Å². The van der Waals surface area contributed by atoms with Crippen LogP contribution in [-0.4, -0.2) is 23.4 Å². The molecule has 3 rings (SSSR count). The van der Waals surface area contributed by atoms with E-state index in [2.05, 4.69) is 26.4 Å². The van der Waals surface area contributed by atoms with Crippen molar-refractivity contribution in [3.8, 4) is 0 Å². The number of carbonyl (C=O) groups is 3. The van der Waals surface area contributed by atoms with Crippen LogP contribution in [0.25, 0.3) is 0 Å². The first-order chi connectivity index (χ1) is 12.7. The zero-order valence-corrected chi connectivity index (χ0v) is 14.7. The van der Waals surface area contributed by atoms with Crippen molar-refractivity contribution in [3.05, 3.63) is 63.6 Å². The number of alkyl halides is 3. The lowest BCUT2D eigenvalue weighted by molar-refractivity contribution is -0.138. The summed E-state index contributed by atoms with van der Waals surface area (Å²) < 4.78 is 38.7. The Kier molecular flexibility index (Phi) is 4.83. The fourth-order valence-electron chi connectivity index (χ4n) is 2.30. The molecule has 1 aliphatic heterocycles. The highest BCUT2D eigenvalue weighted by atomic mass is 79.9. The molecule has 0 saturated heterocycles. The van der Waals surface area contributed by atoms with Crippen molar-refractivity contribution in [1.82, 2.24) is 0 Å². The fourth-order valence-corrected chi connectivity index (χ4v) is 2.87. The van der Waals surface area contributed by atoms with Crippen LogP contribution >= 0.6 is 15.9 Å². The highest BCUT2D eigenvalue weighted by molar-refractivity contribution is 9.10. The Labute approximate surface area is 158 Å². The number of fused-ring (bicyclic) bond motifs is 1. The first kappa shape index (κ1) is 18.8. The zero-order chi connectivity index (χ0) is 19.8. The summed E-state index contributed by atoms with van der Waals surface area (Å²) in [6.07, 6.45) is -4.68. The van der Waals surface area contributed by atoms with Gasteiger partial charge in [0.2, 0.25) is 0 Å². The van der Waals surface area contributed by atoms with E-state index in [9.17, 15) is 27.6 Å². The molecule has 10 heteroatoms. The lowest BCUT2D eigenvalue weighted by Crippen LogP contribution is -2.36. The quantitative estimate of drug-likeness (QED) is 0.439. The second-order valence-electron chi connectivity index (χ2n) is 5.34. The monoisotopic (exact) mass is 440 g/mol. The van der Waals surface area contributed by atoms with E-state index in [4.69, 9.17) is 4.84 Å². The van der Waals surface area contributed by atoms with Crippen LogP contribution in [-0.2, 0) is 20.6 Å². The van der Waals surface area contributed by atoms with Crippen LogP contribution in [0.3, 0.4) is 0 Å². The second kappa shape index (κ2) is 6.95.